The van der Waals surface area contributed by atoms with E-state index in [0.29, 0.717) is 24.3 Å². The summed E-state index contributed by atoms with van der Waals surface area (Å²) in [7, 11) is 0. The molecule has 2 aromatic rings. The number of hydrogen-bond acceptors (Lipinski definition) is 2. The smallest absolute Gasteiger partial charge is 0.223 e. The second kappa shape index (κ2) is 8.79. The highest BCUT2D eigenvalue weighted by molar-refractivity contribution is 5.97. The SMILES string of the molecule is Cc1ccc(C(=O)CCC(=O)N2CCC(Cc3ccccc3)CC2)cc1. The summed E-state index contributed by atoms with van der Waals surface area (Å²) in [6.45, 7) is 3.63. The molecule has 136 valence electrons. The van der Waals surface area contributed by atoms with E-state index in [1.807, 2.05) is 42.2 Å². The van der Waals surface area contributed by atoms with Gasteiger partial charge in [0.15, 0.2) is 5.78 Å². The molecule has 2 aromatic carbocycles. The van der Waals surface area contributed by atoms with Gasteiger partial charge in [0, 0.05) is 31.5 Å². The van der Waals surface area contributed by atoms with Crippen LogP contribution in [0.5, 0.6) is 0 Å². The topological polar surface area (TPSA) is 37.4 Å². The van der Waals surface area contributed by atoms with E-state index in [9.17, 15) is 9.59 Å². The van der Waals surface area contributed by atoms with Crippen LogP contribution in [-0.4, -0.2) is 29.7 Å². The Labute approximate surface area is 156 Å². The number of piperidine rings is 1. The summed E-state index contributed by atoms with van der Waals surface area (Å²) in [6.07, 6.45) is 3.80. The second-order valence-corrected chi connectivity index (χ2v) is 7.30. The molecule has 1 aliphatic heterocycles. The Balaban J connectivity index is 1.42. The maximum atomic E-state index is 12.4. The molecule has 3 nitrogen and oxygen atoms in total. The molecule has 0 spiro atoms. The molecular formula is C23H27NO2. The van der Waals surface area contributed by atoms with Gasteiger partial charge in [0.05, 0.1) is 0 Å². The molecule has 3 rings (SSSR count). The van der Waals surface area contributed by atoms with Crippen molar-refractivity contribution in [3.63, 3.8) is 0 Å². The molecule has 1 aliphatic rings. The molecule has 1 heterocycles. The number of carbonyl (C=O) groups excluding carboxylic acids is 2. The fourth-order valence-electron chi connectivity index (χ4n) is 3.60. The van der Waals surface area contributed by atoms with Gasteiger partial charge in [-0.05, 0) is 37.7 Å². The van der Waals surface area contributed by atoms with Gasteiger partial charge in [0.2, 0.25) is 5.91 Å². The molecule has 0 unspecified atom stereocenters. The van der Waals surface area contributed by atoms with Gasteiger partial charge >= 0.3 is 0 Å². The van der Waals surface area contributed by atoms with Crippen molar-refractivity contribution in [2.75, 3.05) is 13.1 Å². The number of amides is 1. The van der Waals surface area contributed by atoms with E-state index >= 15 is 0 Å². The Bertz CT molecular complexity index is 729. The van der Waals surface area contributed by atoms with Crippen LogP contribution >= 0.6 is 0 Å². The molecule has 0 radical (unpaired) electrons. The number of aryl methyl sites for hydroxylation is 1. The summed E-state index contributed by atoms with van der Waals surface area (Å²) >= 11 is 0. The molecular weight excluding hydrogens is 322 g/mol. The highest BCUT2D eigenvalue weighted by atomic mass is 16.2. The van der Waals surface area contributed by atoms with E-state index < -0.39 is 0 Å². The standard InChI is InChI=1S/C23H27NO2/c1-18-7-9-21(10-8-18)22(25)11-12-23(26)24-15-13-20(14-16-24)17-19-5-3-2-4-6-19/h2-10,20H,11-17H2,1H3. The zero-order chi connectivity index (χ0) is 18.4. The Kier molecular flexibility index (Phi) is 6.21. The van der Waals surface area contributed by atoms with E-state index in [1.165, 1.54) is 5.56 Å². The number of hydrogen-bond donors (Lipinski definition) is 0. The summed E-state index contributed by atoms with van der Waals surface area (Å²) in [5.74, 6) is 0.816. The second-order valence-electron chi connectivity index (χ2n) is 7.30. The van der Waals surface area contributed by atoms with Gasteiger partial charge in [-0.25, -0.2) is 0 Å². The number of likely N-dealkylation sites (tertiary alicyclic amines) is 1. The van der Waals surface area contributed by atoms with Crippen molar-refractivity contribution >= 4 is 11.7 Å². The summed E-state index contributed by atoms with van der Waals surface area (Å²) in [4.78, 5) is 26.6. The van der Waals surface area contributed by atoms with Gasteiger partial charge in [-0.3, -0.25) is 9.59 Å². The predicted molar refractivity (Wildman–Crippen MR) is 104 cm³/mol. The van der Waals surface area contributed by atoms with Crippen LogP contribution in [0.1, 0.15) is 47.2 Å². The van der Waals surface area contributed by atoms with Gasteiger partial charge in [-0.1, -0.05) is 60.2 Å². The van der Waals surface area contributed by atoms with E-state index in [-0.39, 0.29) is 11.7 Å². The molecule has 26 heavy (non-hydrogen) atoms. The molecule has 0 saturated carbocycles. The number of benzene rings is 2. The van der Waals surface area contributed by atoms with Gasteiger partial charge < -0.3 is 4.90 Å². The Hall–Kier alpha value is -2.42. The van der Waals surface area contributed by atoms with E-state index in [4.69, 9.17) is 0 Å². The summed E-state index contributed by atoms with van der Waals surface area (Å²) < 4.78 is 0. The monoisotopic (exact) mass is 349 g/mol. The normalized spacial score (nSPS) is 15.0. The zero-order valence-electron chi connectivity index (χ0n) is 15.5. The lowest BCUT2D eigenvalue weighted by molar-refractivity contribution is -0.132. The Morgan fingerprint density at radius 2 is 1.58 bits per heavy atom. The molecule has 0 N–H and O–H groups in total. The highest BCUT2D eigenvalue weighted by Crippen LogP contribution is 2.22. The molecule has 1 fully saturated rings. The van der Waals surface area contributed by atoms with Crippen molar-refractivity contribution in [3.05, 3.63) is 71.3 Å². The molecule has 3 heteroatoms. The van der Waals surface area contributed by atoms with Crippen LogP contribution < -0.4 is 0 Å². The Morgan fingerprint density at radius 1 is 0.923 bits per heavy atom. The van der Waals surface area contributed by atoms with Gasteiger partial charge in [-0.15, -0.1) is 0 Å². The third-order valence-corrected chi connectivity index (χ3v) is 5.27. The molecule has 0 aromatic heterocycles. The molecule has 0 atom stereocenters. The first kappa shape index (κ1) is 18.4. The van der Waals surface area contributed by atoms with Gasteiger partial charge in [0.1, 0.15) is 0 Å². The number of Topliss-reactive ketones (excluding diaryl/α,β-unsaturated/α-hetero) is 1. The van der Waals surface area contributed by atoms with Crippen molar-refractivity contribution < 1.29 is 9.59 Å². The fraction of sp³-hybridized carbons (Fsp3) is 0.391. The third kappa shape index (κ3) is 5.04. The van der Waals surface area contributed by atoms with Crippen molar-refractivity contribution in [1.29, 1.82) is 0 Å². The summed E-state index contributed by atoms with van der Waals surface area (Å²) in [5.41, 5.74) is 3.21. The number of nitrogens with zero attached hydrogens (tertiary/aromatic N) is 1. The van der Waals surface area contributed by atoms with E-state index in [1.54, 1.807) is 0 Å². The Morgan fingerprint density at radius 3 is 2.23 bits per heavy atom. The van der Waals surface area contributed by atoms with Crippen molar-refractivity contribution in [2.24, 2.45) is 5.92 Å². The predicted octanol–water partition coefficient (Wildman–Crippen LogP) is 4.44. The first-order valence-corrected chi connectivity index (χ1v) is 9.53. The highest BCUT2D eigenvalue weighted by Gasteiger charge is 2.23. The van der Waals surface area contributed by atoms with Gasteiger partial charge in [0.25, 0.3) is 0 Å². The first-order valence-electron chi connectivity index (χ1n) is 9.53. The minimum absolute atomic E-state index is 0.0531. The molecule has 0 bridgehead atoms. The minimum Gasteiger partial charge on any atom is -0.343 e. The molecule has 0 aliphatic carbocycles. The molecule has 1 saturated heterocycles. The maximum Gasteiger partial charge on any atom is 0.223 e. The molecule has 1 amide bonds. The lowest BCUT2D eigenvalue weighted by Gasteiger charge is -2.32. The largest absolute Gasteiger partial charge is 0.343 e. The van der Waals surface area contributed by atoms with Crippen LogP contribution in [0.25, 0.3) is 0 Å². The average Bonchev–Trinajstić information content (AvgIpc) is 2.68. The van der Waals surface area contributed by atoms with Gasteiger partial charge in [-0.2, -0.15) is 0 Å². The van der Waals surface area contributed by atoms with Crippen LogP contribution in [0.3, 0.4) is 0 Å². The lowest BCUT2D eigenvalue weighted by atomic mass is 9.90. The number of ketones is 1. The fourth-order valence-corrected chi connectivity index (χ4v) is 3.60. The summed E-state index contributed by atoms with van der Waals surface area (Å²) in [5, 5.41) is 0. The minimum atomic E-state index is 0.0531. The number of rotatable bonds is 6. The zero-order valence-corrected chi connectivity index (χ0v) is 15.5. The van der Waals surface area contributed by atoms with Crippen LogP contribution in [-0.2, 0) is 11.2 Å². The van der Waals surface area contributed by atoms with Crippen molar-refractivity contribution in [3.8, 4) is 0 Å². The van der Waals surface area contributed by atoms with Crippen molar-refractivity contribution in [2.45, 2.75) is 39.0 Å². The van der Waals surface area contributed by atoms with E-state index in [2.05, 4.69) is 24.3 Å². The average molecular weight is 349 g/mol. The maximum absolute atomic E-state index is 12.4. The van der Waals surface area contributed by atoms with E-state index in [0.717, 1.165) is 37.9 Å². The lowest BCUT2D eigenvalue weighted by Crippen LogP contribution is -2.39. The first-order chi connectivity index (χ1) is 12.6. The quantitative estimate of drug-likeness (QED) is 0.723. The van der Waals surface area contributed by atoms with Crippen LogP contribution in [0.4, 0.5) is 0 Å². The van der Waals surface area contributed by atoms with Crippen LogP contribution in [0.15, 0.2) is 54.6 Å². The number of carbonyl (C=O) groups is 2. The van der Waals surface area contributed by atoms with Crippen molar-refractivity contribution in [1.82, 2.24) is 4.90 Å². The van der Waals surface area contributed by atoms with Crippen LogP contribution in [0, 0.1) is 12.8 Å². The van der Waals surface area contributed by atoms with Crippen LogP contribution in [0.2, 0.25) is 0 Å². The third-order valence-electron chi connectivity index (χ3n) is 5.27. The summed E-state index contributed by atoms with van der Waals surface area (Å²) in [6, 6.07) is 18.1.